The Balaban J connectivity index is 4.15. The van der Waals surface area contributed by atoms with E-state index in [1.165, 1.54) is 6.08 Å². The summed E-state index contributed by atoms with van der Waals surface area (Å²) in [6.07, 6.45) is -1.35. The Labute approximate surface area is 85.4 Å². The number of hydrogen-bond acceptors (Lipinski definition) is 2. The second-order valence-electron chi connectivity index (χ2n) is 2.64. The molecule has 0 aliphatic heterocycles. The molecule has 2 amide bonds. The predicted octanol–water partition coefficient (Wildman–Crippen LogP) is 0.534. The maximum atomic E-state index is 11.7. The number of halogens is 2. The SMILES string of the molecule is C=CCN(CC(=O)O)C(=O)NCC(F)F. The van der Waals surface area contributed by atoms with Crippen molar-refractivity contribution in [2.75, 3.05) is 19.6 Å². The Kier molecular flexibility index (Phi) is 6.00. The van der Waals surface area contributed by atoms with E-state index in [0.717, 1.165) is 4.90 Å². The number of carbonyl (C=O) groups excluding carboxylic acids is 1. The summed E-state index contributed by atoms with van der Waals surface area (Å²) in [6.45, 7) is 1.96. The van der Waals surface area contributed by atoms with E-state index in [2.05, 4.69) is 6.58 Å². The zero-order chi connectivity index (χ0) is 11.8. The molecule has 0 aliphatic carbocycles. The summed E-state index contributed by atoms with van der Waals surface area (Å²) in [5.41, 5.74) is 0. The van der Waals surface area contributed by atoms with E-state index in [1.807, 2.05) is 5.32 Å². The fraction of sp³-hybridized carbons (Fsp3) is 0.500. The van der Waals surface area contributed by atoms with Crippen molar-refractivity contribution in [2.24, 2.45) is 0 Å². The molecule has 0 spiro atoms. The van der Waals surface area contributed by atoms with E-state index in [4.69, 9.17) is 5.11 Å². The highest BCUT2D eigenvalue weighted by Crippen LogP contribution is 1.93. The molecule has 0 aromatic rings. The minimum Gasteiger partial charge on any atom is -0.480 e. The molecule has 7 heteroatoms. The summed E-state index contributed by atoms with van der Waals surface area (Å²) in [7, 11) is 0. The molecular weight excluding hydrogens is 210 g/mol. The molecule has 0 heterocycles. The second-order valence-corrected chi connectivity index (χ2v) is 2.64. The molecule has 0 unspecified atom stereocenters. The average molecular weight is 222 g/mol. The summed E-state index contributed by atoms with van der Waals surface area (Å²) >= 11 is 0. The predicted molar refractivity (Wildman–Crippen MR) is 48.8 cm³/mol. The highest BCUT2D eigenvalue weighted by atomic mass is 19.3. The quantitative estimate of drug-likeness (QED) is 0.644. The van der Waals surface area contributed by atoms with Crippen LogP contribution in [0.4, 0.5) is 13.6 Å². The standard InChI is InChI=1S/C8H12F2N2O3/c1-2-3-12(5-7(13)14)8(15)11-4-6(9)10/h2,6H,1,3-5H2,(H,11,15)(H,13,14). The molecule has 0 radical (unpaired) electrons. The van der Waals surface area contributed by atoms with Crippen molar-refractivity contribution in [3.63, 3.8) is 0 Å². The van der Waals surface area contributed by atoms with Crippen molar-refractivity contribution in [1.82, 2.24) is 10.2 Å². The summed E-state index contributed by atoms with van der Waals surface area (Å²) in [5, 5.41) is 10.3. The van der Waals surface area contributed by atoms with E-state index in [-0.39, 0.29) is 6.54 Å². The van der Waals surface area contributed by atoms with Gasteiger partial charge in [-0.2, -0.15) is 0 Å². The number of alkyl halides is 2. The maximum absolute atomic E-state index is 11.7. The van der Waals surface area contributed by atoms with Crippen LogP contribution in [0.2, 0.25) is 0 Å². The van der Waals surface area contributed by atoms with Gasteiger partial charge in [-0.05, 0) is 0 Å². The van der Waals surface area contributed by atoms with Crippen LogP contribution < -0.4 is 5.32 Å². The fourth-order valence-corrected chi connectivity index (χ4v) is 0.815. The van der Waals surface area contributed by atoms with E-state index in [9.17, 15) is 18.4 Å². The van der Waals surface area contributed by atoms with Crippen LogP contribution in [-0.4, -0.2) is 48.1 Å². The smallest absolute Gasteiger partial charge is 0.323 e. The molecule has 86 valence electrons. The van der Waals surface area contributed by atoms with Crippen molar-refractivity contribution >= 4 is 12.0 Å². The fourth-order valence-electron chi connectivity index (χ4n) is 0.815. The Bertz CT molecular complexity index is 246. The molecule has 2 N–H and O–H groups in total. The Hall–Kier alpha value is -1.66. The van der Waals surface area contributed by atoms with E-state index < -0.39 is 31.5 Å². The molecule has 0 fully saturated rings. The van der Waals surface area contributed by atoms with Crippen LogP contribution in [0.25, 0.3) is 0 Å². The van der Waals surface area contributed by atoms with Crippen molar-refractivity contribution in [1.29, 1.82) is 0 Å². The van der Waals surface area contributed by atoms with Gasteiger partial charge in [-0.25, -0.2) is 13.6 Å². The molecule has 0 aromatic heterocycles. The lowest BCUT2D eigenvalue weighted by atomic mass is 10.5. The van der Waals surface area contributed by atoms with Gasteiger partial charge >= 0.3 is 12.0 Å². The first kappa shape index (κ1) is 13.3. The molecule has 0 saturated carbocycles. The third-order valence-electron chi connectivity index (χ3n) is 1.37. The lowest BCUT2D eigenvalue weighted by molar-refractivity contribution is -0.137. The third kappa shape index (κ3) is 6.42. The average Bonchev–Trinajstić information content (AvgIpc) is 2.12. The number of carboxylic acids is 1. The topological polar surface area (TPSA) is 69.6 Å². The van der Waals surface area contributed by atoms with Crippen molar-refractivity contribution < 1.29 is 23.5 Å². The summed E-state index contributed by atoms with van der Waals surface area (Å²) in [5.74, 6) is -1.22. The second kappa shape index (κ2) is 6.74. The third-order valence-corrected chi connectivity index (χ3v) is 1.37. The molecule has 15 heavy (non-hydrogen) atoms. The number of nitrogens with one attached hydrogen (secondary N) is 1. The van der Waals surface area contributed by atoms with Crippen LogP contribution in [0.3, 0.4) is 0 Å². The number of rotatable bonds is 6. The Morgan fingerprint density at radius 2 is 2.13 bits per heavy atom. The lowest BCUT2D eigenvalue weighted by Crippen LogP contribution is -2.44. The van der Waals surface area contributed by atoms with Crippen LogP contribution in [0.15, 0.2) is 12.7 Å². The molecule has 0 aliphatic rings. The summed E-state index contributed by atoms with van der Waals surface area (Å²) < 4.78 is 23.5. The van der Waals surface area contributed by atoms with Crippen molar-refractivity contribution in [2.45, 2.75) is 6.43 Å². The maximum Gasteiger partial charge on any atom is 0.323 e. The molecule has 0 atom stereocenters. The van der Waals surface area contributed by atoms with Crippen LogP contribution in [0, 0.1) is 0 Å². The van der Waals surface area contributed by atoms with Gasteiger partial charge in [-0.15, -0.1) is 6.58 Å². The van der Waals surface area contributed by atoms with Crippen LogP contribution >= 0.6 is 0 Å². The zero-order valence-corrected chi connectivity index (χ0v) is 7.95. The number of aliphatic carboxylic acids is 1. The van der Waals surface area contributed by atoms with Crippen molar-refractivity contribution in [3.05, 3.63) is 12.7 Å². The molecule has 0 bridgehead atoms. The zero-order valence-electron chi connectivity index (χ0n) is 7.95. The Morgan fingerprint density at radius 1 is 1.53 bits per heavy atom. The van der Waals surface area contributed by atoms with Gasteiger partial charge in [0.05, 0.1) is 6.54 Å². The number of hydrogen-bond donors (Lipinski definition) is 2. The highest BCUT2D eigenvalue weighted by Gasteiger charge is 2.16. The van der Waals surface area contributed by atoms with E-state index in [0.29, 0.717) is 0 Å². The normalized spacial score (nSPS) is 9.80. The van der Waals surface area contributed by atoms with Gasteiger partial charge in [-0.1, -0.05) is 6.08 Å². The molecule has 0 rings (SSSR count). The number of nitrogens with zero attached hydrogens (tertiary/aromatic N) is 1. The minimum atomic E-state index is -2.66. The molecule has 0 aromatic carbocycles. The van der Waals surface area contributed by atoms with Gasteiger partial charge in [-0.3, -0.25) is 4.79 Å². The summed E-state index contributed by atoms with van der Waals surface area (Å²) in [4.78, 5) is 22.3. The van der Waals surface area contributed by atoms with Crippen LogP contribution in [-0.2, 0) is 4.79 Å². The first-order chi connectivity index (χ1) is 6.97. The van der Waals surface area contributed by atoms with E-state index >= 15 is 0 Å². The summed E-state index contributed by atoms with van der Waals surface area (Å²) in [6, 6.07) is -0.849. The van der Waals surface area contributed by atoms with Gasteiger partial charge in [0.15, 0.2) is 0 Å². The largest absolute Gasteiger partial charge is 0.480 e. The van der Waals surface area contributed by atoms with Gasteiger partial charge in [0.1, 0.15) is 6.54 Å². The first-order valence-corrected chi connectivity index (χ1v) is 4.11. The lowest BCUT2D eigenvalue weighted by Gasteiger charge is -2.19. The number of amides is 2. The van der Waals surface area contributed by atoms with Crippen LogP contribution in [0.1, 0.15) is 0 Å². The van der Waals surface area contributed by atoms with Crippen molar-refractivity contribution in [3.8, 4) is 0 Å². The monoisotopic (exact) mass is 222 g/mol. The minimum absolute atomic E-state index is 0.0125. The van der Waals surface area contributed by atoms with Crippen LogP contribution in [0.5, 0.6) is 0 Å². The molecule has 5 nitrogen and oxygen atoms in total. The van der Waals surface area contributed by atoms with Gasteiger partial charge in [0, 0.05) is 6.54 Å². The van der Waals surface area contributed by atoms with E-state index in [1.54, 1.807) is 0 Å². The molecule has 0 saturated heterocycles. The highest BCUT2D eigenvalue weighted by molar-refractivity contribution is 5.80. The first-order valence-electron chi connectivity index (χ1n) is 4.11. The van der Waals surface area contributed by atoms with Gasteiger partial charge < -0.3 is 15.3 Å². The molecular formula is C8H12F2N2O3. The Morgan fingerprint density at radius 3 is 2.53 bits per heavy atom. The van der Waals surface area contributed by atoms with Gasteiger partial charge in [0.2, 0.25) is 0 Å². The number of urea groups is 1. The number of carboxylic acid groups (broad SMARTS) is 1. The number of carbonyl (C=O) groups is 2. The van der Waals surface area contributed by atoms with Gasteiger partial charge in [0.25, 0.3) is 6.43 Å².